The highest BCUT2D eigenvalue weighted by Gasteiger charge is 2.24. The average Bonchev–Trinajstić information content (AvgIpc) is 2.40. The van der Waals surface area contributed by atoms with Crippen molar-refractivity contribution in [3.8, 4) is 0 Å². The minimum atomic E-state index is -0.144. The Bertz CT molecular complexity index is 340. The van der Waals surface area contributed by atoms with Crippen LogP contribution < -0.4 is 10.6 Å². The Morgan fingerprint density at radius 2 is 2.00 bits per heavy atom. The Hall–Kier alpha value is -1.51. The molecule has 0 saturated carbocycles. The number of carbonyl (C=O) groups is 1. The van der Waals surface area contributed by atoms with Gasteiger partial charge in [0.2, 0.25) is 0 Å². The van der Waals surface area contributed by atoms with E-state index in [2.05, 4.69) is 17.2 Å². The molecule has 1 unspecified atom stereocenters. The van der Waals surface area contributed by atoms with Crippen molar-refractivity contribution >= 4 is 5.78 Å². The highest BCUT2D eigenvalue weighted by Crippen LogP contribution is 2.11. The van der Waals surface area contributed by atoms with Gasteiger partial charge in [-0.25, -0.2) is 0 Å². The van der Waals surface area contributed by atoms with Gasteiger partial charge >= 0.3 is 0 Å². The van der Waals surface area contributed by atoms with Crippen LogP contribution in [0, 0.1) is 5.92 Å². The van der Waals surface area contributed by atoms with E-state index in [1.807, 2.05) is 46.8 Å². The van der Waals surface area contributed by atoms with Gasteiger partial charge < -0.3 is 10.6 Å². The molecule has 0 spiro atoms. The van der Waals surface area contributed by atoms with Crippen molar-refractivity contribution in [3.05, 3.63) is 36.2 Å². The van der Waals surface area contributed by atoms with Crippen molar-refractivity contribution in [2.24, 2.45) is 5.92 Å². The maximum Gasteiger partial charge on any atom is 0.159 e. The number of hydrogen-bond donors (Lipinski definition) is 2. The largest absolute Gasteiger partial charge is 0.381 e. The van der Waals surface area contributed by atoms with Crippen LogP contribution >= 0.6 is 0 Å². The molecule has 0 saturated heterocycles. The summed E-state index contributed by atoms with van der Waals surface area (Å²) in [6.45, 7) is 14.2. The number of carbonyl (C=O) groups excluding carboxylic acids is 1. The van der Waals surface area contributed by atoms with Crippen molar-refractivity contribution in [2.45, 2.75) is 40.7 Å². The Morgan fingerprint density at radius 3 is 2.44 bits per heavy atom. The van der Waals surface area contributed by atoms with Crippen molar-refractivity contribution in [3.63, 3.8) is 0 Å². The third-order valence-corrected chi connectivity index (χ3v) is 2.57. The normalized spacial score (nSPS) is 18.9. The Morgan fingerprint density at radius 1 is 1.39 bits per heavy atom. The zero-order chi connectivity index (χ0) is 14.1. The minimum absolute atomic E-state index is 0.0523. The van der Waals surface area contributed by atoms with Crippen LogP contribution in [0.15, 0.2) is 36.2 Å². The van der Waals surface area contributed by atoms with E-state index < -0.39 is 0 Å². The quantitative estimate of drug-likeness (QED) is 0.806. The van der Waals surface area contributed by atoms with Gasteiger partial charge in [-0.1, -0.05) is 40.3 Å². The molecule has 102 valence electrons. The van der Waals surface area contributed by atoms with Crippen LogP contribution in [0.5, 0.6) is 0 Å². The zero-order valence-corrected chi connectivity index (χ0v) is 12.2. The van der Waals surface area contributed by atoms with E-state index in [4.69, 9.17) is 0 Å². The number of hydrogen-bond acceptors (Lipinski definition) is 3. The smallest absolute Gasteiger partial charge is 0.159 e. The second kappa shape index (κ2) is 8.56. The first-order valence-electron chi connectivity index (χ1n) is 6.63. The molecule has 0 fully saturated rings. The summed E-state index contributed by atoms with van der Waals surface area (Å²) in [7, 11) is 0. The molecule has 2 N–H and O–H groups in total. The Kier molecular flexibility index (Phi) is 7.84. The van der Waals surface area contributed by atoms with Gasteiger partial charge in [0.05, 0.1) is 11.4 Å². The maximum atomic E-state index is 11.9. The monoisotopic (exact) mass is 250 g/mol. The van der Waals surface area contributed by atoms with Crippen molar-refractivity contribution in [2.75, 3.05) is 6.54 Å². The maximum absolute atomic E-state index is 11.9. The van der Waals surface area contributed by atoms with Crippen LogP contribution in [0.2, 0.25) is 0 Å². The first kappa shape index (κ1) is 16.5. The molecule has 1 heterocycles. The lowest BCUT2D eigenvalue weighted by atomic mass is 9.99. The summed E-state index contributed by atoms with van der Waals surface area (Å²) in [5.74, 6) is 0.286. The molecule has 1 aliphatic rings. The molecule has 1 rings (SSSR count). The SMILES string of the molecule is C=CC1=C(/C=C\C)NC(C(=O)C(C)C)CN1.CC. The van der Waals surface area contributed by atoms with E-state index in [9.17, 15) is 4.79 Å². The standard InChI is InChI=1S/C13H20N2O.C2H6/c1-5-7-11-10(6-2)14-8-12(15-11)13(16)9(3)4;1-2/h5-7,9,12,14-15H,2,8H2,1,3-4H3;1-2H3/b7-5-;. The highest BCUT2D eigenvalue weighted by molar-refractivity contribution is 5.86. The van der Waals surface area contributed by atoms with Crippen molar-refractivity contribution in [1.82, 2.24) is 10.6 Å². The Labute approximate surface area is 111 Å². The predicted molar refractivity (Wildman–Crippen MR) is 78.2 cm³/mol. The molecule has 3 heteroatoms. The molecule has 3 nitrogen and oxygen atoms in total. The molecule has 0 aromatic rings. The summed E-state index contributed by atoms with van der Waals surface area (Å²) in [6.07, 6.45) is 5.65. The fraction of sp³-hybridized carbons (Fsp3) is 0.533. The van der Waals surface area contributed by atoms with Gasteiger partial charge in [-0.05, 0) is 19.1 Å². The second-order valence-electron chi connectivity index (χ2n) is 4.17. The molecular formula is C15H26N2O. The van der Waals surface area contributed by atoms with Crippen LogP contribution in [0.1, 0.15) is 34.6 Å². The van der Waals surface area contributed by atoms with Gasteiger partial charge in [0.15, 0.2) is 5.78 Å². The van der Waals surface area contributed by atoms with Crippen LogP contribution in [0.4, 0.5) is 0 Å². The fourth-order valence-corrected chi connectivity index (χ4v) is 1.68. The van der Waals surface area contributed by atoms with Crippen LogP contribution in [-0.2, 0) is 4.79 Å². The predicted octanol–water partition coefficient (Wildman–Crippen LogP) is 2.77. The molecule has 0 amide bonds. The summed E-state index contributed by atoms with van der Waals surface area (Å²) < 4.78 is 0. The van der Waals surface area contributed by atoms with E-state index in [0.717, 1.165) is 11.4 Å². The number of nitrogens with one attached hydrogen (secondary N) is 2. The molecular weight excluding hydrogens is 224 g/mol. The molecule has 0 aromatic carbocycles. The molecule has 1 aliphatic heterocycles. The Balaban J connectivity index is 0.00000137. The number of rotatable bonds is 4. The van der Waals surface area contributed by atoms with E-state index in [-0.39, 0.29) is 17.7 Å². The first-order chi connectivity index (χ1) is 8.60. The average molecular weight is 250 g/mol. The fourth-order valence-electron chi connectivity index (χ4n) is 1.68. The summed E-state index contributed by atoms with van der Waals surface area (Å²) in [4.78, 5) is 11.9. The molecule has 0 bridgehead atoms. The molecule has 18 heavy (non-hydrogen) atoms. The number of ketones is 1. The lowest BCUT2D eigenvalue weighted by molar-refractivity contribution is -0.123. The van der Waals surface area contributed by atoms with Crippen LogP contribution in [-0.4, -0.2) is 18.4 Å². The van der Waals surface area contributed by atoms with Gasteiger partial charge in [0.25, 0.3) is 0 Å². The van der Waals surface area contributed by atoms with Gasteiger partial charge in [-0.3, -0.25) is 4.79 Å². The van der Waals surface area contributed by atoms with Gasteiger partial charge in [-0.2, -0.15) is 0 Å². The topological polar surface area (TPSA) is 41.1 Å². The summed E-state index contributed by atoms with van der Waals surface area (Å²) >= 11 is 0. The van der Waals surface area contributed by atoms with E-state index in [0.29, 0.717) is 6.54 Å². The van der Waals surface area contributed by atoms with E-state index in [1.165, 1.54) is 0 Å². The molecule has 1 atom stereocenters. The zero-order valence-electron chi connectivity index (χ0n) is 12.2. The third kappa shape index (κ3) is 4.40. The number of Topliss-reactive ketones (excluding diaryl/α,β-unsaturated/α-hetero) is 1. The van der Waals surface area contributed by atoms with Crippen LogP contribution in [0.3, 0.4) is 0 Å². The summed E-state index contributed by atoms with van der Waals surface area (Å²) in [5.41, 5.74) is 1.88. The molecule has 0 aromatic heterocycles. The van der Waals surface area contributed by atoms with Crippen molar-refractivity contribution in [1.29, 1.82) is 0 Å². The lowest BCUT2D eigenvalue weighted by Crippen LogP contribution is -2.49. The van der Waals surface area contributed by atoms with E-state index in [1.54, 1.807) is 6.08 Å². The van der Waals surface area contributed by atoms with Gasteiger partial charge in [0.1, 0.15) is 6.04 Å². The lowest BCUT2D eigenvalue weighted by Gasteiger charge is -2.28. The van der Waals surface area contributed by atoms with Gasteiger partial charge in [0, 0.05) is 12.5 Å². The van der Waals surface area contributed by atoms with Gasteiger partial charge in [-0.15, -0.1) is 0 Å². The molecule has 0 radical (unpaired) electrons. The number of allylic oxidation sites excluding steroid dienone is 3. The summed E-state index contributed by atoms with van der Waals surface area (Å²) in [6, 6.07) is -0.144. The first-order valence-corrected chi connectivity index (χ1v) is 6.63. The highest BCUT2D eigenvalue weighted by atomic mass is 16.1. The van der Waals surface area contributed by atoms with E-state index >= 15 is 0 Å². The van der Waals surface area contributed by atoms with Crippen molar-refractivity contribution < 1.29 is 4.79 Å². The third-order valence-electron chi connectivity index (χ3n) is 2.57. The molecule has 0 aliphatic carbocycles. The summed E-state index contributed by atoms with van der Waals surface area (Å²) in [5, 5.41) is 6.46. The van der Waals surface area contributed by atoms with Crippen LogP contribution in [0.25, 0.3) is 0 Å². The minimum Gasteiger partial charge on any atom is -0.381 e. The second-order valence-corrected chi connectivity index (χ2v) is 4.17.